The third kappa shape index (κ3) is 3.85. The molecule has 154 valence electrons. The van der Waals surface area contributed by atoms with Gasteiger partial charge in [-0.2, -0.15) is 0 Å². The average molecular weight is 465 g/mol. The number of hydrogen-bond donors (Lipinski definition) is 1. The van der Waals surface area contributed by atoms with E-state index in [0.29, 0.717) is 19.5 Å². The van der Waals surface area contributed by atoms with Crippen molar-refractivity contribution in [3.8, 4) is 0 Å². The maximum Gasteiger partial charge on any atom is 0.410 e. The molecule has 1 aromatic heterocycles. The first-order valence-electron chi connectivity index (χ1n) is 9.31. The van der Waals surface area contributed by atoms with E-state index in [-0.39, 0.29) is 29.7 Å². The number of aliphatic imine (C=N–C) groups is 1. The molecule has 8 nitrogen and oxygen atoms in total. The maximum atomic E-state index is 14.5. The summed E-state index contributed by atoms with van der Waals surface area (Å²) in [5, 5.41) is 0. The zero-order valence-corrected chi connectivity index (χ0v) is 18.0. The van der Waals surface area contributed by atoms with Gasteiger partial charge < -0.3 is 20.3 Å². The van der Waals surface area contributed by atoms with Crippen LogP contribution in [-0.4, -0.2) is 55.2 Å². The molecule has 0 bridgehead atoms. The van der Waals surface area contributed by atoms with Crippen LogP contribution >= 0.6 is 15.9 Å². The Labute approximate surface area is 176 Å². The number of likely N-dealkylation sites (tertiary alicyclic amines) is 1. The van der Waals surface area contributed by atoms with Gasteiger partial charge in [0.05, 0.1) is 16.9 Å². The molecule has 10 heteroatoms. The van der Waals surface area contributed by atoms with Crippen molar-refractivity contribution in [2.75, 3.05) is 18.8 Å². The SMILES string of the molecule is CC(C)(C)OC(=O)N1CC(N2C=C(c3nc(N)ncc3F)C3CC(Br)=NC=C32)C1. The van der Waals surface area contributed by atoms with Crippen LogP contribution in [0.15, 0.2) is 29.3 Å². The second-order valence-electron chi connectivity index (χ2n) is 8.27. The number of aromatic nitrogens is 2. The quantitative estimate of drug-likeness (QED) is 0.721. The molecule has 0 spiro atoms. The number of carbonyl (C=O) groups is 1. The highest BCUT2D eigenvalue weighted by Gasteiger charge is 2.43. The Bertz CT molecular complexity index is 949. The first kappa shape index (κ1) is 19.8. The molecule has 1 unspecified atom stereocenters. The summed E-state index contributed by atoms with van der Waals surface area (Å²) in [5.41, 5.74) is 7.03. The number of amides is 1. The standard InChI is InChI=1S/C19H22BrFN6O2/c1-19(2,3)29-18(28)26-7-10(8-26)27-9-12(11-4-15(20)23-6-14(11)27)16-13(21)5-24-17(22)25-16/h5-6,9-11H,4,7-8H2,1-3H3,(H2,22,24,25). The second-order valence-corrected chi connectivity index (χ2v) is 9.19. The minimum Gasteiger partial charge on any atom is -0.444 e. The van der Waals surface area contributed by atoms with Crippen LogP contribution in [0.4, 0.5) is 15.1 Å². The lowest BCUT2D eigenvalue weighted by molar-refractivity contribution is -0.00392. The van der Waals surface area contributed by atoms with Gasteiger partial charge in [-0.05, 0) is 36.7 Å². The minimum atomic E-state index is -0.536. The molecule has 1 aromatic rings. The second kappa shape index (κ2) is 7.08. The Hall–Kier alpha value is -2.49. The Morgan fingerprint density at radius 2 is 2.10 bits per heavy atom. The highest BCUT2D eigenvalue weighted by Crippen LogP contribution is 2.44. The number of nitrogen functional groups attached to an aromatic ring is 1. The van der Waals surface area contributed by atoms with E-state index in [1.165, 1.54) is 0 Å². The molecule has 4 rings (SSSR count). The summed E-state index contributed by atoms with van der Waals surface area (Å²) in [7, 11) is 0. The van der Waals surface area contributed by atoms with E-state index < -0.39 is 11.4 Å². The van der Waals surface area contributed by atoms with Gasteiger partial charge in [-0.3, -0.25) is 4.99 Å². The van der Waals surface area contributed by atoms with Gasteiger partial charge in [-0.25, -0.2) is 19.2 Å². The number of nitrogens with zero attached hydrogens (tertiary/aromatic N) is 5. The van der Waals surface area contributed by atoms with Gasteiger partial charge in [-0.15, -0.1) is 0 Å². The molecule has 3 aliphatic rings. The summed E-state index contributed by atoms with van der Waals surface area (Å²) in [6.07, 6.45) is 5.02. The Balaban J connectivity index is 1.58. The number of hydrogen-bond acceptors (Lipinski definition) is 7. The molecule has 2 N–H and O–H groups in total. The molecule has 4 heterocycles. The van der Waals surface area contributed by atoms with Crippen molar-refractivity contribution < 1.29 is 13.9 Å². The monoisotopic (exact) mass is 464 g/mol. The highest BCUT2D eigenvalue weighted by molar-refractivity contribution is 9.18. The minimum absolute atomic E-state index is 0.0227. The lowest BCUT2D eigenvalue weighted by atomic mass is 9.92. The average Bonchev–Trinajstić information content (AvgIpc) is 2.92. The number of carbonyl (C=O) groups excluding carboxylic acids is 1. The third-order valence-electron chi connectivity index (χ3n) is 4.96. The zero-order chi connectivity index (χ0) is 20.9. The number of fused-ring (bicyclic) bond motifs is 1. The maximum absolute atomic E-state index is 14.5. The highest BCUT2D eigenvalue weighted by atomic mass is 79.9. The van der Waals surface area contributed by atoms with E-state index in [1.807, 2.05) is 27.0 Å². The van der Waals surface area contributed by atoms with Crippen LogP contribution in [0.25, 0.3) is 5.57 Å². The van der Waals surface area contributed by atoms with Crippen molar-refractivity contribution in [3.05, 3.63) is 35.8 Å². The van der Waals surface area contributed by atoms with Gasteiger partial charge in [0.25, 0.3) is 0 Å². The Kier molecular flexibility index (Phi) is 4.84. The number of halogens is 2. The van der Waals surface area contributed by atoms with E-state index in [1.54, 1.807) is 11.1 Å². The predicted octanol–water partition coefficient (Wildman–Crippen LogP) is 3.13. The fourth-order valence-electron chi connectivity index (χ4n) is 3.61. The van der Waals surface area contributed by atoms with E-state index in [2.05, 4.69) is 35.8 Å². The van der Waals surface area contributed by atoms with E-state index in [4.69, 9.17) is 10.5 Å². The van der Waals surface area contributed by atoms with E-state index >= 15 is 0 Å². The van der Waals surface area contributed by atoms with E-state index in [9.17, 15) is 9.18 Å². The van der Waals surface area contributed by atoms with E-state index in [0.717, 1.165) is 22.1 Å². The molecular formula is C19H22BrFN6O2. The summed E-state index contributed by atoms with van der Waals surface area (Å²) in [4.78, 5) is 28.2. The number of anilines is 1. The topological polar surface area (TPSA) is 96.9 Å². The van der Waals surface area contributed by atoms with Crippen LogP contribution in [0.5, 0.6) is 0 Å². The molecule has 1 amide bonds. The molecule has 0 saturated carbocycles. The number of nitrogens with two attached hydrogens (primary N) is 1. The van der Waals surface area contributed by atoms with Crippen molar-refractivity contribution in [3.63, 3.8) is 0 Å². The van der Waals surface area contributed by atoms with Gasteiger partial charge in [0, 0.05) is 49.1 Å². The molecule has 0 radical (unpaired) electrons. The van der Waals surface area contributed by atoms with Gasteiger partial charge in [-0.1, -0.05) is 0 Å². The summed E-state index contributed by atoms with van der Waals surface area (Å²) >= 11 is 3.44. The summed E-state index contributed by atoms with van der Waals surface area (Å²) in [6.45, 7) is 6.55. The lowest BCUT2D eigenvalue weighted by Crippen LogP contribution is -2.60. The van der Waals surface area contributed by atoms with Crippen LogP contribution in [-0.2, 0) is 4.74 Å². The fraction of sp³-hybridized carbons (Fsp3) is 0.474. The molecule has 1 saturated heterocycles. The normalized spacial score (nSPS) is 21.8. The zero-order valence-electron chi connectivity index (χ0n) is 16.4. The van der Waals surface area contributed by atoms with Crippen LogP contribution in [0, 0.1) is 11.7 Å². The Morgan fingerprint density at radius 3 is 2.79 bits per heavy atom. The first-order chi connectivity index (χ1) is 13.6. The molecule has 0 aromatic carbocycles. The van der Waals surface area contributed by atoms with Crippen LogP contribution in [0.3, 0.4) is 0 Å². The lowest BCUT2D eigenvalue weighted by Gasteiger charge is -2.45. The fourth-order valence-corrected chi connectivity index (χ4v) is 4.04. The van der Waals surface area contributed by atoms with Gasteiger partial charge in [0.15, 0.2) is 5.82 Å². The first-order valence-corrected chi connectivity index (χ1v) is 10.1. The van der Waals surface area contributed by atoms with Crippen LogP contribution < -0.4 is 5.73 Å². The molecule has 3 aliphatic heterocycles. The predicted molar refractivity (Wildman–Crippen MR) is 110 cm³/mol. The van der Waals surface area contributed by atoms with Crippen LogP contribution in [0.2, 0.25) is 0 Å². The summed E-state index contributed by atoms with van der Waals surface area (Å²) in [5.74, 6) is -0.593. The molecule has 1 fully saturated rings. The van der Waals surface area contributed by atoms with Gasteiger partial charge in [0.2, 0.25) is 5.95 Å². The molecular weight excluding hydrogens is 443 g/mol. The van der Waals surface area contributed by atoms with Crippen molar-refractivity contribution >= 4 is 38.2 Å². The smallest absolute Gasteiger partial charge is 0.410 e. The molecule has 0 aliphatic carbocycles. The van der Waals surface area contributed by atoms with Gasteiger partial charge in [0.1, 0.15) is 11.3 Å². The Morgan fingerprint density at radius 1 is 1.38 bits per heavy atom. The third-order valence-corrected chi connectivity index (χ3v) is 5.49. The number of allylic oxidation sites excluding steroid dienone is 1. The van der Waals surface area contributed by atoms with Crippen molar-refractivity contribution in [2.24, 2.45) is 10.9 Å². The summed E-state index contributed by atoms with van der Waals surface area (Å²) < 4.78 is 20.7. The van der Waals surface area contributed by atoms with Crippen molar-refractivity contribution in [1.82, 2.24) is 19.8 Å². The summed E-state index contributed by atoms with van der Waals surface area (Å²) in [6, 6.07) is 0.0584. The van der Waals surface area contributed by atoms with Crippen molar-refractivity contribution in [1.29, 1.82) is 0 Å². The number of rotatable bonds is 2. The largest absolute Gasteiger partial charge is 0.444 e. The molecule has 1 atom stereocenters. The number of ether oxygens (including phenoxy) is 1. The van der Waals surface area contributed by atoms with Gasteiger partial charge >= 0.3 is 6.09 Å². The van der Waals surface area contributed by atoms with Crippen molar-refractivity contribution in [2.45, 2.75) is 38.8 Å². The molecule has 29 heavy (non-hydrogen) atoms. The van der Waals surface area contributed by atoms with Crippen LogP contribution in [0.1, 0.15) is 32.9 Å².